The SMILES string of the molecule is CCCCCC1(C)CC1(C)CC(C)C(C)CCC. The highest BCUT2D eigenvalue weighted by molar-refractivity contribution is 5.09. The van der Waals surface area contributed by atoms with Crippen molar-refractivity contribution in [1.29, 1.82) is 0 Å². The van der Waals surface area contributed by atoms with E-state index in [1.807, 2.05) is 0 Å². The summed E-state index contributed by atoms with van der Waals surface area (Å²) < 4.78 is 0. The molecule has 1 saturated carbocycles. The topological polar surface area (TPSA) is 0 Å². The molecule has 18 heavy (non-hydrogen) atoms. The minimum absolute atomic E-state index is 0.655. The highest BCUT2D eigenvalue weighted by Crippen LogP contribution is 2.69. The van der Waals surface area contributed by atoms with E-state index in [-0.39, 0.29) is 0 Å². The molecule has 1 aliphatic carbocycles. The van der Waals surface area contributed by atoms with Crippen molar-refractivity contribution in [3.63, 3.8) is 0 Å². The van der Waals surface area contributed by atoms with Crippen LogP contribution in [0.5, 0.6) is 0 Å². The smallest absolute Gasteiger partial charge is 0.0264 e. The van der Waals surface area contributed by atoms with Crippen LogP contribution in [0.25, 0.3) is 0 Å². The van der Waals surface area contributed by atoms with Crippen molar-refractivity contribution < 1.29 is 0 Å². The van der Waals surface area contributed by atoms with E-state index in [4.69, 9.17) is 0 Å². The van der Waals surface area contributed by atoms with E-state index in [0.717, 1.165) is 11.8 Å². The molecule has 108 valence electrons. The van der Waals surface area contributed by atoms with Gasteiger partial charge in [0.05, 0.1) is 0 Å². The van der Waals surface area contributed by atoms with Gasteiger partial charge in [-0.3, -0.25) is 0 Å². The van der Waals surface area contributed by atoms with Crippen molar-refractivity contribution in [2.45, 2.75) is 92.9 Å². The van der Waals surface area contributed by atoms with Crippen molar-refractivity contribution in [3.05, 3.63) is 0 Å². The van der Waals surface area contributed by atoms with Gasteiger partial charge in [0, 0.05) is 0 Å². The van der Waals surface area contributed by atoms with Gasteiger partial charge < -0.3 is 0 Å². The van der Waals surface area contributed by atoms with Crippen LogP contribution >= 0.6 is 0 Å². The third kappa shape index (κ3) is 3.75. The molecule has 4 atom stereocenters. The monoisotopic (exact) mass is 252 g/mol. The van der Waals surface area contributed by atoms with Gasteiger partial charge in [-0.1, -0.05) is 73.6 Å². The second kappa shape index (κ2) is 6.44. The lowest BCUT2D eigenvalue weighted by atomic mass is 9.79. The predicted molar refractivity (Wildman–Crippen MR) is 82.8 cm³/mol. The third-order valence-corrected chi connectivity index (χ3v) is 5.93. The Bertz CT molecular complexity index is 244. The van der Waals surface area contributed by atoms with E-state index in [2.05, 4.69) is 41.5 Å². The van der Waals surface area contributed by atoms with Gasteiger partial charge in [0.1, 0.15) is 0 Å². The van der Waals surface area contributed by atoms with E-state index < -0.39 is 0 Å². The third-order valence-electron chi connectivity index (χ3n) is 5.93. The van der Waals surface area contributed by atoms with Gasteiger partial charge in [-0.2, -0.15) is 0 Å². The quantitative estimate of drug-likeness (QED) is 0.414. The molecule has 0 heteroatoms. The lowest BCUT2D eigenvalue weighted by Gasteiger charge is -2.26. The second-order valence-corrected chi connectivity index (χ2v) is 7.70. The summed E-state index contributed by atoms with van der Waals surface area (Å²) in [5.74, 6) is 1.82. The van der Waals surface area contributed by atoms with Crippen LogP contribution in [0, 0.1) is 22.7 Å². The van der Waals surface area contributed by atoms with Crippen molar-refractivity contribution in [2.24, 2.45) is 22.7 Å². The van der Waals surface area contributed by atoms with Crippen LogP contribution < -0.4 is 0 Å². The molecule has 1 fully saturated rings. The lowest BCUT2D eigenvalue weighted by molar-refractivity contribution is 0.241. The van der Waals surface area contributed by atoms with Crippen molar-refractivity contribution >= 4 is 0 Å². The molecule has 0 spiro atoms. The fourth-order valence-corrected chi connectivity index (χ4v) is 3.94. The van der Waals surface area contributed by atoms with Crippen molar-refractivity contribution in [3.8, 4) is 0 Å². The summed E-state index contributed by atoms with van der Waals surface area (Å²) in [4.78, 5) is 0. The summed E-state index contributed by atoms with van der Waals surface area (Å²) in [5.41, 5.74) is 1.32. The van der Waals surface area contributed by atoms with Gasteiger partial charge >= 0.3 is 0 Å². The van der Waals surface area contributed by atoms with E-state index in [1.54, 1.807) is 0 Å². The summed E-state index contributed by atoms with van der Waals surface area (Å²) in [6.07, 6.45) is 11.4. The molecule has 0 N–H and O–H groups in total. The normalized spacial score (nSPS) is 34.3. The fourth-order valence-electron chi connectivity index (χ4n) is 3.94. The fraction of sp³-hybridized carbons (Fsp3) is 1.00. The molecule has 0 amide bonds. The molecular weight excluding hydrogens is 216 g/mol. The molecule has 0 nitrogen and oxygen atoms in total. The summed E-state index contributed by atoms with van der Waals surface area (Å²) in [6, 6.07) is 0. The molecule has 4 unspecified atom stereocenters. The zero-order valence-corrected chi connectivity index (χ0v) is 13.8. The molecule has 0 heterocycles. The van der Waals surface area contributed by atoms with Crippen molar-refractivity contribution in [1.82, 2.24) is 0 Å². The molecule has 0 saturated heterocycles. The standard InChI is InChI=1S/C18H36/c1-7-9-10-12-17(5)14-18(17,6)13-16(4)15(3)11-8-2/h15-16H,7-14H2,1-6H3. The molecule has 0 aliphatic heterocycles. The zero-order chi connectivity index (χ0) is 13.8. The van der Waals surface area contributed by atoms with Crippen LogP contribution in [0.2, 0.25) is 0 Å². The van der Waals surface area contributed by atoms with E-state index in [1.165, 1.54) is 51.4 Å². The molecule has 0 aromatic heterocycles. The first-order valence-electron chi connectivity index (χ1n) is 8.38. The van der Waals surface area contributed by atoms with Gasteiger partial charge in [-0.15, -0.1) is 0 Å². The Labute approximate surface area is 116 Å². The molecule has 1 rings (SSSR count). The Hall–Kier alpha value is 0. The number of hydrogen-bond donors (Lipinski definition) is 0. The van der Waals surface area contributed by atoms with Gasteiger partial charge in [-0.25, -0.2) is 0 Å². The van der Waals surface area contributed by atoms with Gasteiger partial charge in [0.25, 0.3) is 0 Å². The number of unbranched alkanes of at least 4 members (excludes halogenated alkanes) is 2. The van der Waals surface area contributed by atoms with Crippen LogP contribution in [0.15, 0.2) is 0 Å². The minimum atomic E-state index is 0.655. The summed E-state index contributed by atoms with van der Waals surface area (Å²) in [6.45, 7) is 14.7. The maximum absolute atomic E-state index is 2.55. The van der Waals surface area contributed by atoms with E-state index >= 15 is 0 Å². The Morgan fingerprint density at radius 3 is 2.11 bits per heavy atom. The molecule has 0 aromatic carbocycles. The average molecular weight is 252 g/mol. The second-order valence-electron chi connectivity index (χ2n) is 7.70. The zero-order valence-electron chi connectivity index (χ0n) is 13.8. The van der Waals surface area contributed by atoms with E-state index in [0.29, 0.717) is 10.8 Å². The molecule has 0 radical (unpaired) electrons. The summed E-state index contributed by atoms with van der Waals surface area (Å²) in [5, 5.41) is 0. The maximum Gasteiger partial charge on any atom is -0.0264 e. The molecule has 1 aliphatic rings. The maximum atomic E-state index is 2.55. The molecule has 0 bridgehead atoms. The first kappa shape index (κ1) is 16.1. The Balaban J connectivity index is 2.38. The van der Waals surface area contributed by atoms with Crippen LogP contribution in [-0.2, 0) is 0 Å². The van der Waals surface area contributed by atoms with Crippen LogP contribution in [-0.4, -0.2) is 0 Å². The van der Waals surface area contributed by atoms with Gasteiger partial charge in [-0.05, 0) is 41.9 Å². The highest BCUT2D eigenvalue weighted by Gasteiger charge is 2.59. The van der Waals surface area contributed by atoms with Crippen LogP contribution in [0.3, 0.4) is 0 Å². The Morgan fingerprint density at radius 2 is 1.56 bits per heavy atom. The first-order chi connectivity index (χ1) is 8.38. The lowest BCUT2D eigenvalue weighted by Crippen LogP contribution is -2.16. The first-order valence-corrected chi connectivity index (χ1v) is 8.38. The average Bonchev–Trinajstić information content (AvgIpc) is 2.81. The number of rotatable bonds is 9. The Morgan fingerprint density at radius 1 is 0.889 bits per heavy atom. The predicted octanol–water partition coefficient (Wildman–Crippen LogP) is 6.45. The largest absolute Gasteiger partial charge is 0.0654 e. The minimum Gasteiger partial charge on any atom is -0.0654 e. The Kier molecular flexibility index (Phi) is 5.74. The highest BCUT2D eigenvalue weighted by atomic mass is 14.6. The molecule has 0 aromatic rings. The van der Waals surface area contributed by atoms with Crippen molar-refractivity contribution in [2.75, 3.05) is 0 Å². The van der Waals surface area contributed by atoms with Gasteiger partial charge in [0.15, 0.2) is 0 Å². The molecular formula is C18H36. The van der Waals surface area contributed by atoms with Gasteiger partial charge in [0.2, 0.25) is 0 Å². The van der Waals surface area contributed by atoms with Crippen LogP contribution in [0.4, 0.5) is 0 Å². The summed E-state index contributed by atoms with van der Waals surface area (Å²) >= 11 is 0. The van der Waals surface area contributed by atoms with Crippen LogP contribution in [0.1, 0.15) is 92.9 Å². The number of hydrogen-bond acceptors (Lipinski definition) is 0. The summed E-state index contributed by atoms with van der Waals surface area (Å²) in [7, 11) is 0. The van der Waals surface area contributed by atoms with E-state index in [9.17, 15) is 0 Å².